The second kappa shape index (κ2) is 6.48. The average molecular weight is 323 g/mol. The quantitative estimate of drug-likeness (QED) is 0.489. The fourth-order valence-electron chi connectivity index (χ4n) is 1.85. The molecule has 0 unspecified atom stereocenters. The third-order valence-corrected chi connectivity index (χ3v) is 3.62. The minimum absolute atomic E-state index is 0.0797. The van der Waals surface area contributed by atoms with E-state index in [1.165, 1.54) is 6.08 Å². The molecule has 1 aliphatic rings. The number of amides is 1. The molecule has 0 spiro atoms. The molecule has 0 aliphatic carbocycles. The molecule has 1 saturated heterocycles. The van der Waals surface area contributed by atoms with Gasteiger partial charge < -0.3 is 10.1 Å². The van der Waals surface area contributed by atoms with Crippen LogP contribution in [0, 0.1) is 0 Å². The molecule has 4 heteroatoms. The SMILES string of the molecule is C=CC(=O)N[C@H]1C[C@@H](CI)O[C@@H](CC)C1. The molecule has 1 heterocycles. The van der Waals surface area contributed by atoms with E-state index in [9.17, 15) is 4.79 Å². The van der Waals surface area contributed by atoms with Gasteiger partial charge in [0.25, 0.3) is 0 Å². The predicted octanol–water partition coefficient (Wildman–Crippen LogP) is 2.05. The standard InChI is InChI=1S/C11H18INO2/c1-3-9-5-8(13-11(14)4-2)6-10(7-12)15-9/h4,8-10H,2-3,5-7H2,1H3,(H,13,14)/t8-,9+,10+/m1/s1. The van der Waals surface area contributed by atoms with Crippen LogP contribution in [0.25, 0.3) is 0 Å². The van der Waals surface area contributed by atoms with E-state index in [0.717, 1.165) is 23.7 Å². The first-order valence-electron chi connectivity index (χ1n) is 5.33. The lowest BCUT2D eigenvalue weighted by molar-refractivity contribution is -0.119. The van der Waals surface area contributed by atoms with Gasteiger partial charge in [-0.3, -0.25) is 4.79 Å². The van der Waals surface area contributed by atoms with E-state index in [-0.39, 0.29) is 24.2 Å². The molecule has 15 heavy (non-hydrogen) atoms. The number of hydrogen-bond acceptors (Lipinski definition) is 2. The van der Waals surface area contributed by atoms with Gasteiger partial charge in [-0.2, -0.15) is 0 Å². The van der Waals surface area contributed by atoms with Gasteiger partial charge in [-0.25, -0.2) is 0 Å². The van der Waals surface area contributed by atoms with E-state index < -0.39 is 0 Å². The smallest absolute Gasteiger partial charge is 0.243 e. The van der Waals surface area contributed by atoms with Gasteiger partial charge in [0.05, 0.1) is 12.2 Å². The summed E-state index contributed by atoms with van der Waals surface area (Å²) in [7, 11) is 0. The van der Waals surface area contributed by atoms with Crippen molar-refractivity contribution in [1.82, 2.24) is 5.32 Å². The number of halogens is 1. The minimum Gasteiger partial charge on any atom is -0.374 e. The first kappa shape index (κ1) is 13.0. The third kappa shape index (κ3) is 4.10. The Hall–Kier alpha value is -0.100. The van der Waals surface area contributed by atoms with E-state index in [1.54, 1.807) is 0 Å². The summed E-state index contributed by atoms with van der Waals surface area (Å²) in [6, 6.07) is 0.244. The van der Waals surface area contributed by atoms with Gasteiger partial charge in [0.15, 0.2) is 0 Å². The fraction of sp³-hybridized carbons (Fsp3) is 0.727. The highest BCUT2D eigenvalue weighted by atomic mass is 127. The van der Waals surface area contributed by atoms with E-state index in [1.807, 2.05) is 0 Å². The second-order valence-electron chi connectivity index (χ2n) is 3.82. The zero-order chi connectivity index (χ0) is 11.3. The molecule has 0 saturated carbocycles. The van der Waals surface area contributed by atoms with Gasteiger partial charge in [0, 0.05) is 10.5 Å². The first-order valence-corrected chi connectivity index (χ1v) is 6.86. The average Bonchev–Trinajstić information content (AvgIpc) is 2.28. The molecule has 0 aromatic rings. The number of carbonyl (C=O) groups excluding carboxylic acids is 1. The molecule has 0 radical (unpaired) electrons. The topological polar surface area (TPSA) is 38.3 Å². The number of carbonyl (C=O) groups is 1. The summed E-state index contributed by atoms with van der Waals surface area (Å²) in [5.41, 5.74) is 0. The number of hydrogen-bond donors (Lipinski definition) is 1. The highest BCUT2D eigenvalue weighted by Gasteiger charge is 2.28. The van der Waals surface area contributed by atoms with Crippen LogP contribution in [0.15, 0.2) is 12.7 Å². The van der Waals surface area contributed by atoms with Crippen LogP contribution in [-0.4, -0.2) is 28.6 Å². The molecule has 1 rings (SSSR count). The Morgan fingerprint density at radius 2 is 2.27 bits per heavy atom. The summed E-state index contributed by atoms with van der Waals surface area (Å²) in [4.78, 5) is 11.2. The fourth-order valence-corrected chi connectivity index (χ4v) is 2.42. The summed E-state index contributed by atoms with van der Waals surface area (Å²) in [5, 5.41) is 2.96. The highest BCUT2D eigenvalue weighted by Crippen LogP contribution is 2.22. The number of nitrogens with one attached hydrogen (secondary N) is 1. The van der Waals surface area contributed by atoms with Crippen molar-refractivity contribution in [3.63, 3.8) is 0 Å². The Morgan fingerprint density at radius 3 is 2.80 bits per heavy atom. The van der Waals surface area contributed by atoms with Crippen molar-refractivity contribution in [2.45, 2.75) is 44.4 Å². The van der Waals surface area contributed by atoms with Crippen molar-refractivity contribution in [3.05, 3.63) is 12.7 Å². The molecular formula is C11H18INO2. The minimum atomic E-state index is -0.0797. The molecule has 1 aliphatic heterocycles. The van der Waals surface area contributed by atoms with E-state index in [2.05, 4.69) is 41.4 Å². The normalized spacial score (nSPS) is 30.9. The van der Waals surface area contributed by atoms with Gasteiger partial charge in [-0.15, -0.1) is 0 Å². The molecule has 1 N–H and O–H groups in total. The second-order valence-corrected chi connectivity index (χ2v) is 4.70. The van der Waals surface area contributed by atoms with E-state index >= 15 is 0 Å². The van der Waals surface area contributed by atoms with Crippen LogP contribution in [0.4, 0.5) is 0 Å². The van der Waals surface area contributed by atoms with Crippen LogP contribution in [-0.2, 0) is 9.53 Å². The van der Waals surface area contributed by atoms with Gasteiger partial charge in [0.2, 0.25) is 5.91 Å². The zero-order valence-electron chi connectivity index (χ0n) is 9.04. The largest absolute Gasteiger partial charge is 0.374 e. The first-order chi connectivity index (χ1) is 7.19. The summed E-state index contributed by atoms with van der Waals surface area (Å²) in [5.74, 6) is -0.0797. The molecular weight excluding hydrogens is 305 g/mol. The zero-order valence-corrected chi connectivity index (χ0v) is 11.2. The Labute approximate surface area is 105 Å². The highest BCUT2D eigenvalue weighted by molar-refractivity contribution is 14.1. The summed E-state index contributed by atoms with van der Waals surface area (Å²) < 4.78 is 6.83. The number of ether oxygens (including phenoxy) is 1. The van der Waals surface area contributed by atoms with Crippen molar-refractivity contribution < 1.29 is 9.53 Å². The van der Waals surface area contributed by atoms with Crippen molar-refractivity contribution >= 4 is 28.5 Å². The maximum Gasteiger partial charge on any atom is 0.243 e. The number of rotatable bonds is 4. The van der Waals surface area contributed by atoms with Crippen LogP contribution >= 0.6 is 22.6 Å². The maximum atomic E-state index is 11.2. The molecule has 0 aromatic heterocycles. The lowest BCUT2D eigenvalue weighted by Crippen LogP contribution is -2.45. The molecule has 0 bridgehead atoms. The van der Waals surface area contributed by atoms with Crippen LogP contribution in [0.3, 0.4) is 0 Å². The molecule has 3 nitrogen and oxygen atoms in total. The molecule has 0 aromatic carbocycles. The van der Waals surface area contributed by atoms with E-state index in [4.69, 9.17) is 4.74 Å². The summed E-state index contributed by atoms with van der Waals surface area (Å²) >= 11 is 2.33. The Kier molecular flexibility index (Phi) is 5.60. The van der Waals surface area contributed by atoms with Crippen LogP contribution in [0.2, 0.25) is 0 Å². The molecule has 3 atom stereocenters. The summed E-state index contributed by atoms with van der Waals surface area (Å²) in [6.45, 7) is 5.58. The predicted molar refractivity (Wildman–Crippen MR) is 69.2 cm³/mol. The van der Waals surface area contributed by atoms with Gasteiger partial charge in [-0.1, -0.05) is 36.1 Å². The van der Waals surface area contributed by atoms with Crippen LogP contribution in [0.1, 0.15) is 26.2 Å². The van der Waals surface area contributed by atoms with Gasteiger partial charge >= 0.3 is 0 Å². The Morgan fingerprint density at radius 1 is 1.60 bits per heavy atom. The lowest BCUT2D eigenvalue weighted by atomic mass is 9.97. The van der Waals surface area contributed by atoms with Crippen molar-refractivity contribution in [2.75, 3.05) is 4.43 Å². The van der Waals surface area contributed by atoms with Gasteiger partial charge in [-0.05, 0) is 25.3 Å². The third-order valence-electron chi connectivity index (χ3n) is 2.64. The van der Waals surface area contributed by atoms with Crippen molar-refractivity contribution in [3.8, 4) is 0 Å². The van der Waals surface area contributed by atoms with Crippen molar-refractivity contribution in [2.24, 2.45) is 0 Å². The lowest BCUT2D eigenvalue weighted by Gasteiger charge is -2.34. The van der Waals surface area contributed by atoms with Gasteiger partial charge in [0.1, 0.15) is 0 Å². The van der Waals surface area contributed by atoms with Crippen LogP contribution < -0.4 is 5.32 Å². The Bertz CT molecular complexity index is 221. The number of alkyl halides is 1. The maximum absolute atomic E-state index is 11.2. The van der Waals surface area contributed by atoms with E-state index in [0.29, 0.717) is 0 Å². The Balaban J connectivity index is 2.49. The van der Waals surface area contributed by atoms with Crippen molar-refractivity contribution in [1.29, 1.82) is 0 Å². The molecule has 1 amide bonds. The monoisotopic (exact) mass is 323 g/mol. The summed E-state index contributed by atoms with van der Waals surface area (Å²) in [6.07, 6.45) is 4.73. The molecule has 86 valence electrons. The molecule has 1 fully saturated rings. The van der Waals surface area contributed by atoms with Crippen LogP contribution in [0.5, 0.6) is 0 Å².